The van der Waals surface area contributed by atoms with Gasteiger partial charge in [-0.15, -0.1) is 0 Å². The molecule has 0 aromatic rings. The van der Waals surface area contributed by atoms with E-state index in [1.807, 2.05) is 0 Å². The van der Waals surface area contributed by atoms with Crippen molar-refractivity contribution in [2.24, 2.45) is 11.7 Å². The van der Waals surface area contributed by atoms with E-state index >= 15 is 0 Å². The van der Waals surface area contributed by atoms with Crippen LogP contribution in [0.5, 0.6) is 0 Å². The van der Waals surface area contributed by atoms with Crippen molar-refractivity contribution >= 4 is 0 Å². The van der Waals surface area contributed by atoms with Crippen molar-refractivity contribution in [1.29, 1.82) is 0 Å². The number of hydrogen-bond acceptors (Lipinski definition) is 2. The zero-order valence-electron chi connectivity index (χ0n) is 7.01. The van der Waals surface area contributed by atoms with E-state index in [0.717, 1.165) is 19.3 Å². The first-order valence-electron chi connectivity index (χ1n) is 4.03. The highest BCUT2D eigenvalue weighted by atomic mass is 16.2. The summed E-state index contributed by atoms with van der Waals surface area (Å²) >= 11 is 0. The zero-order valence-corrected chi connectivity index (χ0v) is 7.01. The summed E-state index contributed by atoms with van der Waals surface area (Å²) in [6, 6.07) is 0.284. The van der Waals surface area contributed by atoms with Crippen LogP contribution < -0.4 is 5.73 Å². The molecule has 0 saturated carbocycles. The summed E-state index contributed by atoms with van der Waals surface area (Å²) in [5.74, 6) is 0.675. The molecule has 0 rings (SSSR count). The van der Waals surface area contributed by atoms with Crippen LogP contribution in [0.15, 0.2) is 0 Å². The minimum atomic E-state index is 0.270. The van der Waals surface area contributed by atoms with Crippen molar-refractivity contribution in [3.8, 4) is 0 Å². The van der Waals surface area contributed by atoms with Gasteiger partial charge < -0.3 is 10.8 Å². The Hall–Kier alpha value is -0.0800. The Bertz CT molecular complexity index is 73.7. The van der Waals surface area contributed by atoms with Crippen LogP contribution in [0.2, 0.25) is 0 Å². The first kappa shape index (κ1) is 9.92. The average Bonchev–Trinajstić information content (AvgIpc) is 1.82. The fourth-order valence-corrected chi connectivity index (χ4v) is 1.08. The lowest BCUT2D eigenvalue weighted by Gasteiger charge is -2.12. The molecule has 0 bridgehead atoms. The van der Waals surface area contributed by atoms with Gasteiger partial charge in [0, 0.05) is 12.6 Å². The van der Waals surface area contributed by atoms with Gasteiger partial charge in [0.15, 0.2) is 0 Å². The largest absolute Gasteiger partial charge is 0.396 e. The van der Waals surface area contributed by atoms with Crippen LogP contribution in [0, 0.1) is 5.92 Å². The Morgan fingerprint density at radius 3 is 2.40 bits per heavy atom. The highest BCUT2D eigenvalue weighted by Gasteiger charge is 2.03. The number of aliphatic hydroxyl groups is 1. The van der Waals surface area contributed by atoms with Gasteiger partial charge in [0.2, 0.25) is 0 Å². The second kappa shape index (κ2) is 5.69. The summed E-state index contributed by atoms with van der Waals surface area (Å²) in [6.45, 7) is 4.60. The molecule has 3 N–H and O–H groups in total. The normalized spacial score (nSPS) is 14.1. The van der Waals surface area contributed by atoms with Crippen molar-refractivity contribution in [2.45, 2.75) is 39.2 Å². The highest BCUT2D eigenvalue weighted by Crippen LogP contribution is 2.06. The quantitative estimate of drug-likeness (QED) is 0.609. The summed E-state index contributed by atoms with van der Waals surface area (Å²) < 4.78 is 0. The maximum absolute atomic E-state index is 8.49. The monoisotopic (exact) mass is 145 g/mol. The third kappa shape index (κ3) is 6.05. The second-order valence-corrected chi connectivity index (χ2v) is 3.26. The molecule has 0 fully saturated rings. The van der Waals surface area contributed by atoms with Gasteiger partial charge in [-0.25, -0.2) is 0 Å². The van der Waals surface area contributed by atoms with Crippen LogP contribution in [-0.2, 0) is 0 Å². The average molecular weight is 145 g/mol. The topological polar surface area (TPSA) is 46.2 Å². The molecule has 1 atom stereocenters. The predicted octanol–water partition coefficient (Wildman–Crippen LogP) is 1.13. The third-order valence-electron chi connectivity index (χ3n) is 1.51. The summed E-state index contributed by atoms with van der Waals surface area (Å²) in [6.07, 6.45) is 2.86. The number of hydrogen-bond donors (Lipinski definition) is 2. The Balaban J connectivity index is 3.16. The van der Waals surface area contributed by atoms with Gasteiger partial charge >= 0.3 is 0 Å². The van der Waals surface area contributed by atoms with E-state index in [4.69, 9.17) is 10.8 Å². The molecule has 0 unspecified atom stereocenters. The van der Waals surface area contributed by atoms with Crippen LogP contribution in [0.1, 0.15) is 33.1 Å². The Morgan fingerprint density at radius 1 is 1.40 bits per heavy atom. The van der Waals surface area contributed by atoms with Gasteiger partial charge in [-0.05, 0) is 25.2 Å². The standard InChI is InChI=1S/C8H19NO/c1-7(2)6-8(9)4-3-5-10/h7-8,10H,3-6,9H2,1-2H3/t8-/m0/s1. The minimum absolute atomic E-state index is 0.270. The molecule has 0 amide bonds. The maximum Gasteiger partial charge on any atom is 0.0431 e. The second-order valence-electron chi connectivity index (χ2n) is 3.26. The van der Waals surface area contributed by atoms with Gasteiger partial charge in [-0.3, -0.25) is 0 Å². The van der Waals surface area contributed by atoms with Crippen molar-refractivity contribution in [3.63, 3.8) is 0 Å². The zero-order chi connectivity index (χ0) is 7.98. The maximum atomic E-state index is 8.49. The van der Waals surface area contributed by atoms with Crippen LogP contribution in [0.3, 0.4) is 0 Å². The van der Waals surface area contributed by atoms with Gasteiger partial charge in [0.1, 0.15) is 0 Å². The van der Waals surface area contributed by atoms with Crippen molar-refractivity contribution < 1.29 is 5.11 Å². The molecule has 0 heterocycles. The predicted molar refractivity (Wildman–Crippen MR) is 43.8 cm³/mol. The molecule has 0 aromatic carbocycles. The molecule has 0 aliphatic carbocycles. The Labute approximate surface area is 63.4 Å². The minimum Gasteiger partial charge on any atom is -0.396 e. The lowest BCUT2D eigenvalue weighted by Crippen LogP contribution is -2.22. The van der Waals surface area contributed by atoms with E-state index in [-0.39, 0.29) is 12.6 Å². The lowest BCUT2D eigenvalue weighted by molar-refractivity contribution is 0.276. The SMILES string of the molecule is CC(C)C[C@@H](N)CCCO. The fraction of sp³-hybridized carbons (Fsp3) is 1.00. The first-order valence-corrected chi connectivity index (χ1v) is 4.03. The van der Waals surface area contributed by atoms with Crippen molar-refractivity contribution in [2.75, 3.05) is 6.61 Å². The molecule has 0 aromatic heterocycles. The van der Waals surface area contributed by atoms with E-state index in [9.17, 15) is 0 Å². The van der Waals surface area contributed by atoms with Gasteiger partial charge in [0.05, 0.1) is 0 Å². The molecule has 2 heteroatoms. The summed E-state index contributed by atoms with van der Waals surface area (Å²) in [4.78, 5) is 0. The molecule has 0 saturated heterocycles. The summed E-state index contributed by atoms with van der Waals surface area (Å²) in [5.41, 5.74) is 5.75. The van der Waals surface area contributed by atoms with Gasteiger partial charge in [0.25, 0.3) is 0 Å². The smallest absolute Gasteiger partial charge is 0.0431 e. The van der Waals surface area contributed by atoms with Crippen LogP contribution in [0.25, 0.3) is 0 Å². The molecule has 0 aliphatic heterocycles. The molecule has 0 radical (unpaired) electrons. The molecule has 10 heavy (non-hydrogen) atoms. The van der Waals surface area contributed by atoms with Crippen LogP contribution in [0.4, 0.5) is 0 Å². The van der Waals surface area contributed by atoms with Crippen molar-refractivity contribution in [3.05, 3.63) is 0 Å². The molecule has 2 nitrogen and oxygen atoms in total. The Morgan fingerprint density at radius 2 is 2.00 bits per heavy atom. The van der Waals surface area contributed by atoms with Crippen LogP contribution >= 0.6 is 0 Å². The summed E-state index contributed by atoms with van der Waals surface area (Å²) in [7, 11) is 0. The molecule has 62 valence electrons. The molecular formula is C8H19NO. The van der Waals surface area contributed by atoms with Crippen molar-refractivity contribution in [1.82, 2.24) is 0 Å². The first-order chi connectivity index (χ1) is 4.66. The van der Waals surface area contributed by atoms with E-state index in [2.05, 4.69) is 13.8 Å². The van der Waals surface area contributed by atoms with Gasteiger partial charge in [-0.1, -0.05) is 13.8 Å². The molecule has 0 aliphatic rings. The number of aliphatic hydroxyl groups excluding tert-OH is 1. The van der Waals surface area contributed by atoms with E-state index in [1.165, 1.54) is 0 Å². The van der Waals surface area contributed by atoms with E-state index in [1.54, 1.807) is 0 Å². The highest BCUT2D eigenvalue weighted by molar-refractivity contribution is 4.62. The van der Waals surface area contributed by atoms with E-state index < -0.39 is 0 Å². The molecular weight excluding hydrogens is 126 g/mol. The Kier molecular flexibility index (Phi) is 5.64. The van der Waals surface area contributed by atoms with Crippen LogP contribution in [-0.4, -0.2) is 17.8 Å². The third-order valence-corrected chi connectivity index (χ3v) is 1.51. The summed E-state index contributed by atoms with van der Waals surface area (Å²) in [5, 5.41) is 8.49. The molecule has 0 spiro atoms. The number of rotatable bonds is 5. The van der Waals surface area contributed by atoms with Gasteiger partial charge in [-0.2, -0.15) is 0 Å². The van der Waals surface area contributed by atoms with E-state index in [0.29, 0.717) is 5.92 Å². The number of nitrogens with two attached hydrogens (primary N) is 1. The lowest BCUT2D eigenvalue weighted by atomic mass is 10.0. The fourth-order valence-electron chi connectivity index (χ4n) is 1.08.